The number of alkyl halides is 3. The molecule has 0 aliphatic rings. The number of aromatic nitrogens is 2. The maximum Gasteiger partial charge on any atom is 0.432 e. The molecule has 0 spiro atoms. The van der Waals surface area contributed by atoms with Gasteiger partial charge in [0.1, 0.15) is 29.7 Å². The number of ether oxygens (including phenoxy) is 3. The van der Waals surface area contributed by atoms with Gasteiger partial charge in [0.05, 0.1) is 36.7 Å². The third kappa shape index (κ3) is 7.71. The molecular weight excluding hydrogens is 506 g/mol. The minimum atomic E-state index is -4.59. The van der Waals surface area contributed by atoms with Crippen molar-refractivity contribution >= 4 is 23.2 Å². The Morgan fingerprint density at radius 2 is 1.92 bits per heavy atom. The van der Waals surface area contributed by atoms with Gasteiger partial charge in [0.15, 0.2) is 0 Å². The Labute approximate surface area is 208 Å². The molecule has 7 nitrogen and oxygen atoms in total. The summed E-state index contributed by atoms with van der Waals surface area (Å²) in [5, 5.41) is 2.40. The number of halogens is 5. The van der Waals surface area contributed by atoms with Gasteiger partial charge in [-0.2, -0.15) is 13.2 Å². The molecule has 0 radical (unpaired) electrons. The van der Waals surface area contributed by atoms with Crippen molar-refractivity contribution in [2.75, 3.05) is 38.9 Å². The molecule has 2 aromatic carbocycles. The molecule has 3 rings (SSSR count). The van der Waals surface area contributed by atoms with E-state index in [0.29, 0.717) is 25.0 Å². The lowest BCUT2D eigenvalue weighted by atomic mass is 10.1. The number of hydrogen-bond donors (Lipinski definition) is 2. The van der Waals surface area contributed by atoms with E-state index in [9.17, 15) is 22.4 Å². The maximum absolute atomic E-state index is 13.3. The lowest BCUT2D eigenvalue weighted by molar-refractivity contribution is -0.140. The van der Waals surface area contributed by atoms with Crippen molar-refractivity contribution in [3.05, 3.63) is 64.7 Å². The first-order valence-corrected chi connectivity index (χ1v) is 10.8. The maximum atomic E-state index is 13.3. The van der Waals surface area contributed by atoms with E-state index in [1.807, 2.05) is 0 Å². The summed E-state index contributed by atoms with van der Waals surface area (Å²) in [7, 11) is 1.54. The Kier molecular flexibility index (Phi) is 9.30. The topological polar surface area (TPSA) is 85.5 Å². The second kappa shape index (κ2) is 12.4. The summed E-state index contributed by atoms with van der Waals surface area (Å²) in [5.74, 6) is 3.72. The van der Waals surface area contributed by atoms with Crippen molar-refractivity contribution in [3.63, 3.8) is 0 Å². The number of nitrogens with zero attached hydrogens (tertiary/aromatic N) is 1. The summed E-state index contributed by atoms with van der Waals surface area (Å²) in [4.78, 5) is 18.4. The van der Waals surface area contributed by atoms with E-state index in [1.54, 1.807) is 7.11 Å². The molecule has 0 atom stereocenters. The third-order valence-electron chi connectivity index (χ3n) is 4.54. The van der Waals surface area contributed by atoms with Crippen LogP contribution in [0.4, 0.5) is 23.2 Å². The second-order valence-corrected chi connectivity index (χ2v) is 7.55. The highest BCUT2D eigenvalue weighted by Crippen LogP contribution is 2.32. The smallest absolute Gasteiger partial charge is 0.432 e. The molecule has 1 heterocycles. The Morgan fingerprint density at radius 1 is 1.14 bits per heavy atom. The average molecular weight is 526 g/mol. The van der Waals surface area contributed by atoms with Crippen LogP contribution < -0.4 is 10.1 Å². The van der Waals surface area contributed by atoms with Crippen LogP contribution in [0, 0.1) is 17.7 Å². The van der Waals surface area contributed by atoms with Crippen molar-refractivity contribution in [1.82, 2.24) is 9.97 Å². The predicted molar refractivity (Wildman–Crippen MR) is 124 cm³/mol. The molecule has 190 valence electrons. The first-order valence-electron chi connectivity index (χ1n) is 10.4. The van der Waals surface area contributed by atoms with Gasteiger partial charge in [-0.05, 0) is 36.4 Å². The Bertz CT molecular complexity index is 1270. The van der Waals surface area contributed by atoms with E-state index >= 15 is 0 Å². The predicted octanol–water partition coefficient (Wildman–Crippen LogP) is 4.92. The lowest BCUT2D eigenvalue weighted by Gasteiger charge is -2.13. The Hall–Kier alpha value is -3.59. The molecular formula is C24H20ClF4N3O4. The van der Waals surface area contributed by atoms with Gasteiger partial charge in [0.25, 0.3) is 0 Å². The van der Waals surface area contributed by atoms with Crippen molar-refractivity contribution in [2.24, 2.45) is 0 Å². The van der Waals surface area contributed by atoms with Crippen LogP contribution in [0.2, 0.25) is 5.02 Å². The van der Waals surface area contributed by atoms with Gasteiger partial charge in [-0.3, -0.25) is 4.79 Å². The molecule has 0 aliphatic carbocycles. The van der Waals surface area contributed by atoms with Gasteiger partial charge < -0.3 is 24.5 Å². The number of rotatable bonds is 9. The number of carbonyl (C=O) groups is 1. The van der Waals surface area contributed by atoms with Gasteiger partial charge >= 0.3 is 12.1 Å². The van der Waals surface area contributed by atoms with Gasteiger partial charge in [-0.15, -0.1) is 0 Å². The average Bonchev–Trinajstić information content (AvgIpc) is 3.34. The van der Waals surface area contributed by atoms with Crippen LogP contribution in [0.1, 0.15) is 11.3 Å². The van der Waals surface area contributed by atoms with Crippen molar-refractivity contribution < 1.29 is 36.6 Å². The molecule has 0 aliphatic heterocycles. The van der Waals surface area contributed by atoms with Crippen LogP contribution in [-0.2, 0) is 20.4 Å². The van der Waals surface area contributed by atoms with E-state index in [4.69, 9.17) is 25.8 Å². The van der Waals surface area contributed by atoms with E-state index < -0.39 is 23.6 Å². The number of imidazole rings is 1. The van der Waals surface area contributed by atoms with Gasteiger partial charge in [0.2, 0.25) is 0 Å². The quantitative estimate of drug-likeness (QED) is 0.235. The van der Waals surface area contributed by atoms with Crippen LogP contribution in [0.3, 0.4) is 0 Å². The third-order valence-corrected chi connectivity index (χ3v) is 4.83. The first-order chi connectivity index (χ1) is 17.2. The minimum absolute atomic E-state index is 0.0562. The summed E-state index contributed by atoms with van der Waals surface area (Å²) in [6.45, 7) is 1.14. The second-order valence-electron chi connectivity index (χ2n) is 7.14. The van der Waals surface area contributed by atoms with E-state index in [1.165, 1.54) is 30.3 Å². The molecule has 0 unspecified atom stereocenters. The van der Waals surface area contributed by atoms with Crippen molar-refractivity contribution in [3.8, 4) is 29.0 Å². The molecule has 3 aromatic rings. The largest absolute Gasteiger partial charge is 0.489 e. The minimum Gasteiger partial charge on any atom is -0.489 e. The summed E-state index contributed by atoms with van der Waals surface area (Å²) in [6, 6.07) is 8.10. The number of H-pyrrole nitrogens is 1. The van der Waals surface area contributed by atoms with Crippen molar-refractivity contribution in [1.29, 1.82) is 0 Å². The molecule has 36 heavy (non-hydrogen) atoms. The number of methoxy groups -OCH3 is 1. The van der Waals surface area contributed by atoms with Crippen LogP contribution in [0.15, 0.2) is 42.6 Å². The molecule has 0 bridgehead atoms. The Morgan fingerprint density at radius 3 is 2.61 bits per heavy atom. The number of hydrogen-bond acceptors (Lipinski definition) is 5. The standard InChI is InChI=1S/C24H20ClF4N3O4/c1-34-8-9-35-10-11-36-20-6-4-16(23-30-14-21(32-23)24(27,28)29)13-19(20)31-22(33)7-3-15-2-5-18(26)17(25)12-15/h2,4-6,12-14H,8-11H2,1H3,(H,30,32)(H,31,33). The molecule has 1 amide bonds. The zero-order valence-corrected chi connectivity index (χ0v) is 19.6. The molecule has 12 heteroatoms. The summed E-state index contributed by atoms with van der Waals surface area (Å²) in [5.41, 5.74) is -0.292. The number of benzene rings is 2. The number of aromatic amines is 1. The highest BCUT2D eigenvalue weighted by molar-refractivity contribution is 6.30. The van der Waals surface area contributed by atoms with Gasteiger partial charge in [-0.1, -0.05) is 17.5 Å². The normalized spacial score (nSPS) is 11.1. The fourth-order valence-electron chi connectivity index (χ4n) is 2.82. The zero-order chi connectivity index (χ0) is 26.1. The number of anilines is 1. The summed E-state index contributed by atoms with van der Waals surface area (Å²) >= 11 is 5.72. The number of nitrogens with one attached hydrogen (secondary N) is 2. The first kappa shape index (κ1) is 27.0. The molecule has 0 saturated carbocycles. The van der Waals surface area contributed by atoms with Crippen LogP contribution in [0.5, 0.6) is 5.75 Å². The van der Waals surface area contributed by atoms with Crippen LogP contribution >= 0.6 is 11.6 Å². The fourth-order valence-corrected chi connectivity index (χ4v) is 3.00. The zero-order valence-electron chi connectivity index (χ0n) is 18.8. The SMILES string of the molecule is COCCOCCOc1ccc(-c2ncc(C(F)(F)F)[nH]2)cc1NC(=O)C#Cc1ccc(F)c(Cl)c1. The molecule has 0 fully saturated rings. The number of amides is 1. The molecule has 0 saturated heterocycles. The number of carbonyl (C=O) groups excluding carboxylic acids is 1. The van der Waals surface area contributed by atoms with Crippen molar-refractivity contribution in [2.45, 2.75) is 6.18 Å². The van der Waals surface area contributed by atoms with E-state index in [0.717, 1.165) is 6.07 Å². The van der Waals surface area contributed by atoms with Crippen LogP contribution in [0.25, 0.3) is 11.4 Å². The molecule has 2 N–H and O–H groups in total. The van der Waals surface area contributed by atoms with Crippen LogP contribution in [-0.4, -0.2) is 49.4 Å². The van der Waals surface area contributed by atoms with E-state index in [-0.39, 0.29) is 41.1 Å². The monoisotopic (exact) mass is 525 g/mol. The summed E-state index contributed by atoms with van der Waals surface area (Å²) < 4.78 is 68.0. The fraction of sp³-hybridized carbons (Fsp3) is 0.250. The van der Waals surface area contributed by atoms with E-state index in [2.05, 4.69) is 27.1 Å². The highest BCUT2D eigenvalue weighted by atomic mass is 35.5. The highest BCUT2D eigenvalue weighted by Gasteiger charge is 2.33. The summed E-state index contributed by atoms with van der Waals surface area (Å²) in [6.07, 6.45) is -3.92. The van der Waals surface area contributed by atoms with Gasteiger partial charge in [0, 0.05) is 24.2 Å². The van der Waals surface area contributed by atoms with Gasteiger partial charge in [-0.25, -0.2) is 9.37 Å². The Balaban J connectivity index is 1.80. The lowest BCUT2D eigenvalue weighted by Crippen LogP contribution is -2.13. The molecule has 1 aromatic heterocycles.